The molecule has 0 aliphatic carbocycles. The minimum Gasteiger partial charge on any atom is -0.365 e. The molecule has 1 amide bonds. The normalized spacial score (nSPS) is 14.7. The van der Waals surface area contributed by atoms with E-state index in [2.05, 4.69) is 35.1 Å². The molecule has 4 nitrogen and oxygen atoms in total. The third-order valence-corrected chi connectivity index (χ3v) is 4.80. The van der Waals surface area contributed by atoms with E-state index >= 15 is 0 Å². The number of terminal acetylenes is 1. The molecule has 0 aromatic heterocycles. The van der Waals surface area contributed by atoms with E-state index in [-0.39, 0.29) is 5.91 Å². The Morgan fingerprint density at radius 3 is 2.50 bits per heavy atom. The van der Waals surface area contributed by atoms with Crippen molar-refractivity contribution >= 4 is 11.6 Å². The summed E-state index contributed by atoms with van der Waals surface area (Å²) in [6, 6.07) is 18.2. The number of carbonyl (C=O) groups is 1. The Balaban J connectivity index is 1.49. The highest BCUT2D eigenvalue weighted by Gasteiger charge is 2.22. The third-order valence-electron chi connectivity index (χ3n) is 4.80. The number of hydrogen-bond donors (Lipinski definition) is 0. The zero-order valence-electron chi connectivity index (χ0n) is 15.3. The van der Waals surface area contributed by atoms with Crippen LogP contribution >= 0.6 is 0 Å². The molecule has 0 N–H and O–H groups in total. The summed E-state index contributed by atoms with van der Waals surface area (Å²) in [6.07, 6.45) is 5.46. The van der Waals surface area contributed by atoms with Gasteiger partial charge in [0.15, 0.2) is 0 Å². The van der Waals surface area contributed by atoms with Crippen LogP contribution in [0.3, 0.4) is 0 Å². The monoisotopic (exact) mass is 347 g/mol. The molecule has 0 spiro atoms. The number of rotatable bonds is 5. The Hall–Kier alpha value is -2.77. The second-order valence-corrected chi connectivity index (χ2v) is 6.69. The lowest BCUT2D eigenvalue weighted by molar-refractivity contribution is -0.131. The predicted molar refractivity (Wildman–Crippen MR) is 106 cm³/mol. The van der Waals surface area contributed by atoms with E-state index in [1.54, 1.807) is 0 Å². The number of piperazine rings is 1. The van der Waals surface area contributed by atoms with Gasteiger partial charge in [0.1, 0.15) is 0 Å². The first kappa shape index (κ1) is 18.0. The summed E-state index contributed by atoms with van der Waals surface area (Å²) in [5, 5.41) is 0. The van der Waals surface area contributed by atoms with Gasteiger partial charge in [0, 0.05) is 51.0 Å². The minimum atomic E-state index is 0.165. The molecule has 0 atom stereocenters. The number of hydrogen-bond acceptors (Lipinski definition) is 3. The molecule has 3 rings (SSSR count). The number of nitrogens with zero attached hydrogens (tertiary/aromatic N) is 3. The van der Waals surface area contributed by atoms with Crippen LogP contribution in [0.25, 0.3) is 0 Å². The summed E-state index contributed by atoms with van der Waals surface area (Å²) in [7, 11) is 1.93. The van der Waals surface area contributed by atoms with Crippen molar-refractivity contribution in [2.75, 3.05) is 44.7 Å². The van der Waals surface area contributed by atoms with Crippen molar-refractivity contribution < 1.29 is 4.79 Å². The first-order valence-electron chi connectivity index (χ1n) is 8.97. The van der Waals surface area contributed by atoms with Gasteiger partial charge < -0.3 is 9.80 Å². The van der Waals surface area contributed by atoms with Crippen LogP contribution in [-0.2, 0) is 11.3 Å². The highest BCUT2D eigenvalue weighted by Crippen LogP contribution is 2.15. The van der Waals surface area contributed by atoms with Crippen molar-refractivity contribution in [1.29, 1.82) is 0 Å². The van der Waals surface area contributed by atoms with Crippen LogP contribution in [0.1, 0.15) is 11.1 Å². The first-order chi connectivity index (χ1) is 12.7. The Bertz CT molecular complexity index is 773. The number of amides is 1. The Labute approximate surface area is 156 Å². The van der Waals surface area contributed by atoms with Gasteiger partial charge in [0.2, 0.25) is 5.91 Å². The van der Waals surface area contributed by atoms with Crippen LogP contribution in [0, 0.1) is 12.3 Å². The van der Waals surface area contributed by atoms with Crippen LogP contribution in [0.5, 0.6) is 0 Å². The molecule has 1 aliphatic rings. The number of anilines is 1. The van der Waals surface area contributed by atoms with Gasteiger partial charge in [0.25, 0.3) is 0 Å². The Kier molecular flexibility index (Phi) is 5.93. The molecule has 0 radical (unpaired) electrons. The molecule has 4 heteroatoms. The number of benzene rings is 2. The molecule has 1 heterocycles. The number of carbonyl (C=O) groups excluding carboxylic acids is 1. The first-order valence-corrected chi connectivity index (χ1v) is 8.97. The van der Waals surface area contributed by atoms with Crippen molar-refractivity contribution in [3.8, 4) is 12.3 Å². The van der Waals surface area contributed by atoms with Gasteiger partial charge in [-0.1, -0.05) is 42.3 Å². The van der Waals surface area contributed by atoms with Crippen LogP contribution in [-0.4, -0.2) is 55.5 Å². The maximum atomic E-state index is 12.6. The summed E-state index contributed by atoms with van der Waals surface area (Å²) in [4.78, 5) is 18.9. The third kappa shape index (κ3) is 4.65. The Morgan fingerprint density at radius 2 is 1.81 bits per heavy atom. The summed E-state index contributed by atoms with van der Waals surface area (Å²) in [5.41, 5.74) is 3.12. The molecular formula is C22H25N3O. The van der Waals surface area contributed by atoms with Gasteiger partial charge in [-0.25, -0.2) is 0 Å². The van der Waals surface area contributed by atoms with E-state index < -0.39 is 0 Å². The highest BCUT2D eigenvalue weighted by molar-refractivity contribution is 5.81. The van der Waals surface area contributed by atoms with Crippen LogP contribution in [0.15, 0.2) is 54.6 Å². The number of likely N-dealkylation sites (N-methyl/N-ethyl adjacent to an activating group) is 1. The average Bonchev–Trinajstić information content (AvgIpc) is 2.69. The van der Waals surface area contributed by atoms with Crippen molar-refractivity contribution in [2.24, 2.45) is 0 Å². The molecule has 1 saturated heterocycles. The van der Waals surface area contributed by atoms with E-state index in [9.17, 15) is 4.79 Å². The topological polar surface area (TPSA) is 26.8 Å². The fourth-order valence-electron chi connectivity index (χ4n) is 3.22. The molecule has 1 fully saturated rings. The largest absolute Gasteiger partial charge is 0.365 e. The second kappa shape index (κ2) is 8.55. The van der Waals surface area contributed by atoms with Crippen molar-refractivity contribution in [3.05, 3.63) is 65.7 Å². The molecule has 2 aromatic carbocycles. The standard InChI is InChI=1S/C22H25N3O/c1-3-19-10-7-11-21(16-19)23(2)18-22(26)25-14-12-24(13-15-25)17-20-8-5-4-6-9-20/h1,4-11,16H,12-15,17-18H2,2H3. The fourth-order valence-corrected chi connectivity index (χ4v) is 3.22. The Morgan fingerprint density at radius 1 is 1.08 bits per heavy atom. The summed E-state index contributed by atoms with van der Waals surface area (Å²) in [5.74, 6) is 2.80. The van der Waals surface area contributed by atoms with Gasteiger partial charge in [-0.15, -0.1) is 6.42 Å². The maximum Gasteiger partial charge on any atom is 0.242 e. The summed E-state index contributed by atoms with van der Waals surface area (Å²) >= 11 is 0. The molecule has 0 saturated carbocycles. The average molecular weight is 347 g/mol. The molecule has 0 bridgehead atoms. The van der Waals surface area contributed by atoms with E-state index in [1.807, 2.05) is 47.2 Å². The smallest absolute Gasteiger partial charge is 0.242 e. The SMILES string of the molecule is C#Cc1cccc(N(C)CC(=O)N2CCN(Cc3ccccc3)CC2)c1. The fraction of sp³-hybridized carbons (Fsp3) is 0.318. The van der Waals surface area contributed by atoms with E-state index in [4.69, 9.17) is 6.42 Å². The van der Waals surface area contributed by atoms with Gasteiger partial charge >= 0.3 is 0 Å². The molecule has 0 unspecified atom stereocenters. The van der Waals surface area contributed by atoms with E-state index in [0.717, 1.165) is 44.0 Å². The van der Waals surface area contributed by atoms with Crippen LogP contribution in [0.4, 0.5) is 5.69 Å². The lowest BCUT2D eigenvalue weighted by Crippen LogP contribution is -2.50. The second-order valence-electron chi connectivity index (χ2n) is 6.69. The summed E-state index contributed by atoms with van der Waals surface area (Å²) < 4.78 is 0. The van der Waals surface area contributed by atoms with Crippen LogP contribution < -0.4 is 4.90 Å². The van der Waals surface area contributed by atoms with Gasteiger partial charge in [-0.2, -0.15) is 0 Å². The molecule has 134 valence electrons. The predicted octanol–water partition coefficient (Wildman–Crippen LogP) is 2.45. The lowest BCUT2D eigenvalue weighted by atomic mass is 10.2. The molecular weight excluding hydrogens is 322 g/mol. The highest BCUT2D eigenvalue weighted by atomic mass is 16.2. The lowest BCUT2D eigenvalue weighted by Gasteiger charge is -2.35. The minimum absolute atomic E-state index is 0.165. The van der Waals surface area contributed by atoms with Gasteiger partial charge in [0.05, 0.1) is 6.54 Å². The molecule has 2 aromatic rings. The van der Waals surface area contributed by atoms with Crippen molar-refractivity contribution in [3.63, 3.8) is 0 Å². The van der Waals surface area contributed by atoms with Crippen LogP contribution in [0.2, 0.25) is 0 Å². The van der Waals surface area contributed by atoms with Gasteiger partial charge in [-0.3, -0.25) is 9.69 Å². The quantitative estimate of drug-likeness (QED) is 0.778. The van der Waals surface area contributed by atoms with Crippen molar-refractivity contribution in [2.45, 2.75) is 6.54 Å². The van der Waals surface area contributed by atoms with Crippen molar-refractivity contribution in [1.82, 2.24) is 9.80 Å². The molecule has 26 heavy (non-hydrogen) atoms. The zero-order valence-corrected chi connectivity index (χ0v) is 15.3. The summed E-state index contributed by atoms with van der Waals surface area (Å²) in [6.45, 7) is 4.70. The van der Waals surface area contributed by atoms with E-state index in [0.29, 0.717) is 6.54 Å². The molecule has 1 aliphatic heterocycles. The maximum absolute atomic E-state index is 12.6. The van der Waals surface area contributed by atoms with E-state index in [1.165, 1.54) is 5.56 Å². The van der Waals surface area contributed by atoms with Gasteiger partial charge in [-0.05, 0) is 23.8 Å². The zero-order chi connectivity index (χ0) is 18.4.